The summed E-state index contributed by atoms with van der Waals surface area (Å²) in [5.74, 6) is 2.31. The molecule has 0 spiro atoms. The molecule has 1 aliphatic heterocycles. The van der Waals surface area contributed by atoms with Gasteiger partial charge in [0.05, 0.1) is 0 Å². The second-order valence-corrected chi connectivity index (χ2v) is 5.16. The van der Waals surface area contributed by atoms with Crippen molar-refractivity contribution < 1.29 is 4.58 Å². The van der Waals surface area contributed by atoms with Gasteiger partial charge in [-0.15, -0.1) is 0 Å². The Morgan fingerprint density at radius 2 is 2.33 bits per heavy atom. The molecule has 0 aromatic rings. The zero-order chi connectivity index (χ0) is 8.55. The van der Waals surface area contributed by atoms with Gasteiger partial charge >= 0.3 is 0 Å². The van der Waals surface area contributed by atoms with E-state index in [1.807, 2.05) is 0 Å². The van der Waals surface area contributed by atoms with E-state index in [1.54, 1.807) is 5.31 Å². The lowest BCUT2D eigenvalue weighted by Crippen LogP contribution is -2.07. The van der Waals surface area contributed by atoms with Gasteiger partial charge in [0, 0.05) is 13.5 Å². The lowest BCUT2D eigenvalue weighted by Gasteiger charge is -2.18. The summed E-state index contributed by atoms with van der Waals surface area (Å²) >= 11 is 0. The minimum absolute atomic E-state index is 0.0459. The van der Waals surface area contributed by atoms with Crippen molar-refractivity contribution >= 4 is 13.9 Å². The number of hydrogen-bond acceptors (Lipinski definition) is 0. The third kappa shape index (κ3) is 1.30. The monoisotopic (exact) mass is 178 g/mol. The maximum atomic E-state index is 2.31. The molecule has 1 atom stereocenters. The summed E-state index contributed by atoms with van der Waals surface area (Å²) in [6, 6.07) is 0. The van der Waals surface area contributed by atoms with Crippen molar-refractivity contribution in [3.63, 3.8) is 0 Å². The molecular weight excluding hydrogens is 165 g/mol. The van der Waals surface area contributed by atoms with E-state index < -0.39 is 0 Å². The maximum absolute atomic E-state index is 2.31. The van der Waals surface area contributed by atoms with Gasteiger partial charge in [-0.05, 0) is 18.4 Å². The van der Waals surface area contributed by atoms with Gasteiger partial charge in [0.25, 0.3) is 0 Å². The van der Waals surface area contributed by atoms with Crippen LogP contribution >= 0.6 is 7.92 Å². The minimum Gasteiger partial charge on any atom is -0.207 e. The van der Waals surface area contributed by atoms with Crippen molar-refractivity contribution in [2.75, 3.05) is 13.7 Å². The first-order valence-electron chi connectivity index (χ1n) is 4.15. The van der Waals surface area contributed by atoms with Crippen LogP contribution in [0.5, 0.6) is 0 Å². The van der Waals surface area contributed by atoms with E-state index in [9.17, 15) is 0 Å². The Morgan fingerprint density at radius 1 is 1.50 bits per heavy atom. The molecule has 1 unspecified atom stereocenters. The zero-order valence-corrected chi connectivity index (χ0v) is 8.38. The highest BCUT2D eigenvalue weighted by molar-refractivity contribution is 7.75. The van der Waals surface area contributed by atoms with Crippen LogP contribution in [-0.2, 0) is 0 Å². The van der Waals surface area contributed by atoms with E-state index >= 15 is 0 Å². The Morgan fingerprint density at radius 3 is 3.17 bits per heavy atom. The van der Waals surface area contributed by atoms with Crippen molar-refractivity contribution in [1.82, 2.24) is 0 Å². The van der Waals surface area contributed by atoms with Crippen LogP contribution in [0.1, 0.15) is 6.42 Å². The molecule has 2 heteroatoms. The average Bonchev–Trinajstić information content (AvgIpc) is 2.04. The van der Waals surface area contributed by atoms with Gasteiger partial charge in [-0.25, -0.2) is 4.58 Å². The molecular formula is C10H13NP+. The highest BCUT2D eigenvalue weighted by atomic mass is 31.1. The van der Waals surface area contributed by atoms with Crippen molar-refractivity contribution in [3.8, 4) is 0 Å². The second-order valence-electron chi connectivity index (χ2n) is 3.23. The molecule has 0 radical (unpaired) electrons. The molecule has 1 aliphatic carbocycles. The summed E-state index contributed by atoms with van der Waals surface area (Å²) in [6.07, 6.45) is 9.99. The minimum atomic E-state index is -0.0459. The molecule has 62 valence electrons. The number of nitrogens with zero attached hydrogens (tertiary/aromatic N) is 1. The summed E-state index contributed by atoms with van der Waals surface area (Å²) in [4.78, 5) is 0. The molecule has 0 amide bonds. The van der Waals surface area contributed by atoms with E-state index in [-0.39, 0.29) is 7.92 Å². The van der Waals surface area contributed by atoms with Crippen molar-refractivity contribution in [3.05, 3.63) is 35.3 Å². The zero-order valence-electron chi connectivity index (χ0n) is 7.49. The Bertz CT molecular complexity index is 321. The van der Waals surface area contributed by atoms with Crippen LogP contribution in [0.25, 0.3) is 0 Å². The molecule has 1 heterocycles. The number of rotatable bonds is 0. The van der Waals surface area contributed by atoms with Gasteiger partial charge in [-0.2, -0.15) is 0 Å². The summed E-state index contributed by atoms with van der Waals surface area (Å²) < 4.78 is 2.19. The predicted molar refractivity (Wildman–Crippen MR) is 55.0 cm³/mol. The lowest BCUT2D eigenvalue weighted by molar-refractivity contribution is -0.415. The molecule has 2 aliphatic rings. The topological polar surface area (TPSA) is 3.01 Å². The van der Waals surface area contributed by atoms with Crippen molar-refractivity contribution in [2.45, 2.75) is 6.42 Å². The SMILES string of the molecule is C[N+]1=CP(C)C2=CC=CCC2=C1. The lowest BCUT2D eigenvalue weighted by atomic mass is 10.1. The van der Waals surface area contributed by atoms with Gasteiger partial charge in [0.2, 0.25) is 0 Å². The van der Waals surface area contributed by atoms with E-state index in [1.165, 1.54) is 5.57 Å². The second kappa shape index (κ2) is 2.99. The first kappa shape index (κ1) is 7.94. The average molecular weight is 178 g/mol. The number of fused-ring (bicyclic) bond motifs is 1. The fourth-order valence-electron chi connectivity index (χ4n) is 1.64. The standard InChI is InChI=1S/C10H13NP/c1-11-7-9-5-3-4-6-10(9)12(2)8-11/h3-4,6-8H,5H2,1-2H3/q+1. The van der Waals surface area contributed by atoms with E-state index in [0.717, 1.165) is 6.42 Å². The molecule has 2 rings (SSSR count). The van der Waals surface area contributed by atoms with Crippen LogP contribution in [0.2, 0.25) is 0 Å². The Balaban J connectivity index is 2.42. The molecule has 0 saturated heterocycles. The van der Waals surface area contributed by atoms with Crippen LogP contribution < -0.4 is 0 Å². The van der Waals surface area contributed by atoms with E-state index in [0.29, 0.717) is 0 Å². The van der Waals surface area contributed by atoms with Crippen molar-refractivity contribution in [1.29, 1.82) is 0 Å². The van der Waals surface area contributed by atoms with Gasteiger partial charge in [-0.1, -0.05) is 18.2 Å². The third-order valence-corrected chi connectivity index (χ3v) is 4.06. The normalized spacial score (nSPS) is 27.2. The Hall–Kier alpha value is -0.680. The smallest absolute Gasteiger partial charge is 0.172 e. The van der Waals surface area contributed by atoms with E-state index in [2.05, 4.69) is 48.7 Å². The van der Waals surface area contributed by atoms with Crippen LogP contribution in [0.3, 0.4) is 0 Å². The number of hydrogen-bond donors (Lipinski definition) is 0. The number of allylic oxidation sites excluding steroid dienone is 5. The third-order valence-electron chi connectivity index (χ3n) is 2.15. The highest BCUT2D eigenvalue weighted by Gasteiger charge is 2.20. The maximum Gasteiger partial charge on any atom is 0.172 e. The van der Waals surface area contributed by atoms with Gasteiger partial charge in [0.1, 0.15) is 7.05 Å². The molecule has 0 bridgehead atoms. The summed E-state index contributed by atoms with van der Waals surface area (Å²) in [5, 5.41) is 1.55. The Kier molecular flexibility index (Phi) is 1.98. The molecule has 0 N–H and O–H groups in total. The molecule has 0 fully saturated rings. The Labute approximate surface area is 74.5 Å². The molecule has 12 heavy (non-hydrogen) atoms. The molecule has 0 aromatic carbocycles. The van der Waals surface area contributed by atoms with Crippen molar-refractivity contribution in [2.24, 2.45) is 0 Å². The van der Waals surface area contributed by atoms with Gasteiger partial charge in [0.15, 0.2) is 12.2 Å². The van der Waals surface area contributed by atoms with Crippen LogP contribution in [0.15, 0.2) is 35.3 Å². The van der Waals surface area contributed by atoms with Crippen LogP contribution in [0, 0.1) is 0 Å². The first-order chi connectivity index (χ1) is 5.77. The first-order valence-corrected chi connectivity index (χ1v) is 6.01. The highest BCUT2D eigenvalue weighted by Crippen LogP contribution is 2.46. The molecule has 0 aromatic heterocycles. The summed E-state index contributed by atoms with van der Waals surface area (Å²) in [7, 11) is 2.07. The molecule has 0 saturated carbocycles. The molecule has 1 nitrogen and oxygen atoms in total. The fraction of sp³-hybridized carbons (Fsp3) is 0.300. The van der Waals surface area contributed by atoms with Crippen LogP contribution in [-0.4, -0.2) is 24.2 Å². The summed E-state index contributed by atoms with van der Waals surface area (Å²) in [5.41, 5.74) is 1.50. The quantitative estimate of drug-likeness (QED) is 0.396. The van der Waals surface area contributed by atoms with Crippen LogP contribution in [0.4, 0.5) is 0 Å². The van der Waals surface area contributed by atoms with Gasteiger partial charge < -0.3 is 0 Å². The van der Waals surface area contributed by atoms with Gasteiger partial charge in [-0.3, -0.25) is 0 Å². The summed E-state index contributed by atoms with van der Waals surface area (Å²) in [6.45, 7) is 2.31. The fourth-order valence-corrected chi connectivity index (χ4v) is 3.30. The largest absolute Gasteiger partial charge is 0.207 e. The predicted octanol–water partition coefficient (Wildman–Crippen LogP) is 2.51. The van der Waals surface area contributed by atoms with E-state index in [4.69, 9.17) is 0 Å².